The lowest BCUT2D eigenvalue weighted by Crippen LogP contribution is -2.39. The standard InChI is InChI=1S/C11H15NO3/c1-7-4-8(5-7)12-6-9-2-3-10(15-9)11(13)14/h2-3,7-8,12H,4-6H2,1H3,(H,13,14). The second-order valence-electron chi connectivity index (χ2n) is 4.23. The summed E-state index contributed by atoms with van der Waals surface area (Å²) in [6.45, 7) is 2.85. The van der Waals surface area contributed by atoms with Crippen LogP contribution in [0.4, 0.5) is 0 Å². The van der Waals surface area contributed by atoms with Crippen LogP contribution in [0.3, 0.4) is 0 Å². The second kappa shape index (κ2) is 4.06. The molecule has 0 aromatic carbocycles. The van der Waals surface area contributed by atoms with Crippen LogP contribution in [-0.2, 0) is 6.54 Å². The van der Waals surface area contributed by atoms with E-state index in [1.54, 1.807) is 6.07 Å². The van der Waals surface area contributed by atoms with Gasteiger partial charge in [0.05, 0.1) is 6.54 Å². The van der Waals surface area contributed by atoms with Crippen LogP contribution in [0.25, 0.3) is 0 Å². The molecule has 0 amide bonds. The van der Waals surface area contributed by atoms with Crippen LogP contribution in [-0.4, -0.2) is 17.1 Å². The summed E-state index contributed by atoms with van der Waals surface area (Å²) in [6, 6.07) is 3.76. The quantitative estimate of drug-likeness (QED) is 0.794. The van der Waals surface area contributed by atoms with Crippen molar-refractivity contribution in [2.75, 3.05) is 0 Å². The van der Waals surface area contributed by atoms with Crippen molar-refractivity contribution in [1.29, 1.82) is 0 Å². The first-order valence-corrected chi connectivity index (χ1v) is 5.20. The number of carboxylic acids is 1. The van der Waals surface area contributed by atoms with Crippen molar-refractivity contribution in [2.45, 2.75) is 32.4 Å². The fraction of sp³-hybridized carbons (Fsp3) is 0.545. The molecule has 0 bridgehead atoms. The third kappa shape index (κ3) is 2.39. The molecule has 1 aromatic rings. The summed E-state index contributed by atoms with van der Waals surface area (Å²) in [6.07, 6.45) is 2.40. The summed E-state index contributed by atoms with van der Waals surface area (Å²) < 4.78 is 5.13. The molecule has 1 fully saturated rings. The minimum absolute atomic E-state index is 0.00813. The zero-order chi connectivity index (χ0) is 10.8. The molecule has 1 aliphatic rings. The van der Waals surface area contributed by atoms with Crippen molar-refractivity contribution >= 4 is 5.97 Å². The van der Waals surface area contributed by atoms with Crippen molar-refractivity contribution < 1.29 is 14.3 Å². The van der Waals surface area contributed by atoms with Crippen LogP contribution < -0.4 is 5.32 Å². The first kappa shape index (κ1) is 10.2. The Balaban J connectivity index is 1.81. The molecular weight excluding hydrogens is 194 g/mol. The highest BCUT2D eigenvalue weighted by atomic mass is 16.4. The van der Waals surface area contributed by atoms with Gasteiger partial charge in [0.2, 0.25) is 5.76 Å². The average Bonchev–Trinajstić information content (AvgIpc) is 2.59. The van der Waals surface area contributed by atoms with E-state index in [9.17, 15) is 4.79 Å². The average molecular weight is 209 g/mol. The number of aromatic carboxylic acids is 1. The Hall–Kier alpha value is -1.29. The molecule has 0 atom stereocenters. The minimum atomic E-state index is -1.02. The summed E-state index contributed by atoms with van der Waals surface area (Å²) in [4.78, 5) is 10.5. The maximum absolute atomic E-state index is 10.5. The van der Waals surface area contributed by atoms with Gasteiger partial charge in [0.1, 0.15) is 5.76 Å². The zero-order valence-electron chi connectivity index (χ0n) is 8.69. The molecule has 1 saturated carbocycles. The number of carboxylic acid groups (broad SMARTS) is 1. The van der Waals surface area contributed by atoms with Gasteiger partial charge in [0.25, 0.3) is 0 Å². The minimum Gasteiger partial charge on any atom is -0.475 e. The predicted octanol–water partition coefficient (Wildman–Crippen LogP) is 1.87. The fourth-order valence-electron chi connectivity index (χ4n) is 1.90. The van der Waals surface area contributed by atoms with E-state index in [4.69, 9.17) is 9.52 Å². The first-order valence-electron chi connectivity index (χ1n) is 5.20. The third-order valence-corrected chi connectivity index (χ3v) is 2.81. The van der Waals surface area contributed by atoms with Gasteiger partial charge in [-0.3, -0.25) is 0 Å². The summed E-state index contributed by atoms with van der Waals surface area (Å²) in [5.74, 6) is 0.493. The SMILES string of the molecule is CC1CC(NCc2ccc(C(=O)O)o2)C1. The number of hydrogen-bond donors (Lipinski definition) is 2. The zero-order valence-corrected chi connectivity index (χ0v) is 8.69. The van der Waals surface area contributed by atoms with E-state index in [1.807, 2.05) is 0 Å². The molecule has 1 aliphatic carbocycles. The number of hydrogen-bond acceptors (Lipinski definition) is 3. The van der Waals surface area contributed by atoms with Gasteiger partial charge < -0.3 is 14.8 Å². The first-order chi connectivity index (χ1) is 7.15. The summed E-state index contributed by atoms with van der Waals surface area (Å²) >= 11 is 0. The Morgan fingerprint density at radius 1 is 1.60 bits per heavy atom. The largest absolute Gasteiger partial charge is 0.475 e. The van der Waals surface area contributed by atoms with E-state index in [2.05, 4.69) is 12.2 Å². The Bertz CT molecular complexity index is 352. The van der Waals surface area contributed by atoms with Crippen LogP contribution in [0.1, 0.15) is 36.1 Å². The molecule has 2 rings (SSSR count). The molecule has 0 unspecified atom stereocenters. The van der Waals surface area contributed by atoms with Crippen molar-refractivity contribution in [3.05, 3.63) is 23.7 Å². The number of carbonyl (C=O) groups is 1. The highest BCUT2D eigenvalue weighted by Gasteiger charge is 2.24. The van der Waals surface area contributed by atoms with E-state index in [0.717, 1.165) is 5.92 Å². The maximum atomic E-state index is 10.5. The highest BCUT2D eigenvalue weighted by molar-refractivity contribution is 5.84. The third-order valence-electron chi connectivity index (χ3n) is 2.81. The molecule has 1 aromatic heterocycles. The predicted molar refractivity (Wildman–Crippen MR) is 54.7 cm³/mol. The van der Waals surface area contributed by atoms with Gasteiger partial charge in [-0.2, -0.15) is 0 Å². The van der Waals surface area contributed by atoms with Gasteiger partial charge in [-0.1, -0.05) is 6.92 Å². The summed E-state index contributed by atoms with van der Waals surface area (Å²) in [5.41, 5.74) is 0. The van der Waals surface area contributed by atoms with Gasteiger partial charge in [-0.15, -0.1) is 0 Å². The molecule has 82 valence electrons. The van der Waals surface area contributed by atoms with Gasteiger partial charge in [0.15, 0.2) is 0 Å². The lowest BCUT2D eigenvalue weighted by atomic mass is 9.82. The fourth-order valence-corrected chi connectivity index (χ4v) is 1.90. The van der Waals surface area contributed by atoms with E-state index < -0.39 is 5.97 Å². The molecule has 0 radical (unpaired) electrons. The molecular formula is C11H15NO3. The summed E-state index contributed by atoms with van der Waals surface area (Å²) in [7, 11) is 0. The normalized spacial score (nSPS) is 24.9. The second-order valence-corrected chi connectivity index (χ2v) is 4.23. The monoisotopic (exact) mass is 209 g/mol. The Kier molecular flexibility index (Phi) is 2.77. The van der Waals surface area contributed by atoms with E-state index in [-0.39, 0.29) is 5.76 Å². The molecule has 0 spiro atoms. The Morgan fingerprint density at radius 3 is 2.87 bits per heavy atom. The van der Waals surface area contributed by atoms with Crippen molar-refractivity contribution in [3.63, 3.8) is 0 Å². The van der Waals surface area contributed by atoms with Gasteiger partial charge in [-0.25, -0.2) is 4.79 Å². The molecule has 1 heterocycles. The van der Waals surface area contributed by atoms with E-state index >= 15 is 0 Å². The Labute approximate surface area is 88.3 Å². The Morgan fingerprint density at radius 2 is 2.33 bits per heavy atom. The van der Waals surface area contributed by atoms with Crippen LogP contribution in [0.2, 0.25) is 0 Å². The molecule has 0 aliphatic heterocycles. The lowest BCUT2D eigenvalue weighted by Gasteiger charge is -2.33. The highest BCUT2D eigenvalue weighted by Crippen LogP contribution is 2.26. The van der Waals surface area contributed by atoms with Gasteiger partial charge in [0, 0.05) is 6.04 Å². The van der Waals surface area contributed by atoms with Crippen LogP contribution in [0.5, 0.6) is 0 Å². The molecule has 0 saturated heterocycles. The molecule has 4 nitrogen and oxygen atoms in total. The van der Waals surface area contributed by atoms with Gasteiger partial charge >= 0.3 is 5.97 Å². The van der Waals surface area contributed by atoms with E-state index in [0.29, 0.717) is 18.3 Å². The number of nitrogens with one attached hydrogen (secondary N) is 1. The van der Waals surface area contributed by atoms with Crippen molar-refractivity contribution in [2.24, 2.45) is 5.92 Å². The number of furan rings is 1. The lowest BCUT2D eigenvalue weighted by molar-refractivity contribution is 0.0660. The molecule has 4 heteroatoms. The van der Waals surface area contributed by atoms with Crippen molar-refractivity contribution in [3.8, 4) is 0 Å². The van der Waals surface area contributed by atoms with Crippen LogP contribution in [0, 0.1) is 5.92 Å². The van der Waals surface area contributed by atoms with Crippen molar-refractivity contribution in [1.82, 2.24) is 5.32 Å². The topological polar surface area (TPSA) is 62.5 Å². The van der Waals surface area contributed by atoms with E-state index in [1.165, 1.54) is 18.9 Å². The molecule has 2 N–H and O–H groups in total. The van der Waals surface area contributed by atoms with Crippen LogP contribution in [0.15, 0.2) is 16.5 Å². The van der Waals surface area contributed by atoms with Crippen LogP contribution >= 0.6 is 0 Å². The summed E-state index contributed by atoms with van der Waals surface area (Å²) in [5, 5.41) is 12.0. The van der Waals surface area contributed by atoms with Gasteiger partial charge in [-0.05, 0) is 30.9 Å². The maximum Gasteiger partial charge on any atom is 0.371 e. The number of rotatable bonds is 4. The smallest absolute Gasteiger partial charge is 0.371 e. The molecule has 15 heavy (non-hydrogen) atoms.